The van der Waals surface area contributed by atoms with E-state index >= 15 is 0 Å². The van der Waals surface area contributed by atoms with E-state index in [1.807, 2.05) is 37.3 Å². The van der Waals surface area contributed by atoms with Crippen molar-refractivity contribution < 1.29 is 24.3 Å². The summed E-state index contributed by atoms with van der Waals surface area (Å²) in [6, 6.07) is 6.44. The van der Waals surface area contributed by atoms with Crippen molar-refractivity contribution in [1.29, 1.82) is 0 Å². The van der Waals surface area contributed by atoms with Gasteiger partial charge < -0.3 is 32.5 Å². The van der Waals surface area contributed by atoms with Crippen molar-refractivity contribution in [3.63, 3.8) is 0 Å². The lowest BCUT2D eigenvalue weighted by Gasteiger charge is -2.24. The van der Waals surface area contributed by atoms with Gasteiger partial charge in [-0.2, -0.15) is 0 Å². The molecule has 10 nitrogen and oxygen atoms in total. The summed E-state index contributed by atoms with van der Waals surface area (Å²) >= 11 is 0. The van der Waals surface area contributed by atoms with Crippen molar-refractivity contribution in [1.82, 2.24) is 16.0 Å². The maximum atomic E-state index is 12.7. The molecule has 33 heavy (non-hydrogen) atoms. The molecular formula is C23H37N5O5. The van der Waals surface area contributed by atoms with Gasteiger partial charge in [0.1, 0.15) is 12.1 Å². The number of carbonyl (C=O) groups excluding carboxylic acids is 3. The molecule has 0 bridgehead atoms. The van der Waals surface area contributed by atoms with Gasteiger partial charge in [0.05, 0.1) is 12.6 Å². The average molecular weight is 464 g/mol. The first kappa shape index (κ1) is 28.1. The molecule has 0 aromatic heterocycles. The van der Waals surface area contributed by atoms with Crippen LogP contribution in [0.2, 0.25) is 0 Å². The zero-order valence-corrected chi connectivity index (χ0v) is 19.4. The molecule has 10 heteroatoms. The molecule has 0 heterocycles. The fraction of sp³-hybridized carbons (Fsp3) is 0.565. The smallest absolute Gasteiger partial charge is 0.326 e. The van der Waals surface area contributed by atoms with Gasteiger partial charge in [-0.25, -0.2) is 4.79 Å². The highest BCUT2D eigenvalue weighted by Gasteiger charge is 2.29. The molecule has 184 valence electrons. The number of benzene rings is 1. The number of unbranched alkanes of at least 4 members (excludes halogenated alkanes) is 1. The molecule has 3 amide bonds. The molecule has 0 spiro atoms. The molecule has 1 aromatic carbocycles. The molecular weight excluding hydrogens is 426 g/mol. The summed E-state index contributed by atoms with van der Waals surface area (Å²) in [5.41, 5.74) is 12.3. The van der Waals surface area contributed by atoms with Crippen LogP contribution in [0.3, 0.4) is 0 Å². The van der Waals surface area contributed by atoms with Gasteiger partial charge in [0.25, 0.3) is 0 Å². The zero-order chi connectivity index (χ0) is 24.8. The second-order valence-electron chi connectivity index (χ2n) is 8.13. The van der Waals surface area contributed by atoms with Crippen molar-refractivity contribution >= 4 is 23.7 Å². The molecule has 1 rings (SSSR count). The molecule has 0 fully saturated rings. The Morgan fingerprint density at radius 2 is 1.70 bits per heavy atom. The Kier molecular flexibility index (Phi) is 12.7. The van der Waals surface area contributed by atoms with E-state index in [0.717, 1.165) is 5.56 Å². The van der Waals surface area contributed by atoms with Gasteiger partial charge >= 0.3 is 5.97 Å². The van der Waals surface area contributed by atoms with E-state index in [-0.39, 0.29) is 12.5 Å². The number of hydrogen-bond donors (Lipinski definition) is 6. The average Bonchev–Trinajstić information content (AvgIpc) is 2.80. The van der Waals surface area contributed by atoms with Crippen LogP contribution in [0, 0.1) is 5.92 Å². The van der Waals surface area contributed by atoms with Gasteiger partial charge in [-0.15, -0.1) is 0 Å². The Bertz CT molecular complexity index is 774. The van der Waals surface area contributed by atoms with Crippen LogP contribution in [-0.2, 0) is 25.6 Å². The minimum atomic E-state index is -1.13. The fourth-order valence-corrected chi connectivity index (χ4v) is 3.20. The van der Waals surface area contributed by atoms with E-state index in [9.17, 15) is 24.3 Å². The van der Waals surface area contributed by atoms with Crippen LogP contribution >= 0.6 is 0 Å². The van der Waals surface area contributed by atoms with E-state index in [2.05, 4.69) is 16.0 Å². The maximum Gasteiger partial charge on any atom is 0.326 e. The third-order valence-corrected chi connectivity index (χ3v) is 5.43. The first-order chi connectivity index (χ1) is 15.7. The van der Waals surface area contributed by atoms with Crippen LogP contribution in [0.25, 0.3) is 0 Å². The van der Waals surface area contributed by atoms with Crippen LogP contribution in [0.1, 0.15) is 45.1 Å². The van der Waals surface area contributed by atoms with E-state index in [4.69, 9.17) is 11.5 Å². The van der Waals surface area contributed by atoms with Crippen LogP contribution in [0.5, 0.6) is 0 Å². The summed E-state index contributed by atoms with van der Waals surface area (Å²) in [4.78, 5) is 48.9. The third kappa shape index (κ3) is 10.5. The van der Waals surface area contributed by atoms with E-state index in [1.165, 1.54) is 0 Å². The van der Waals surface area contributed by atoms with Crippen molar-refractivity contribution in [3.8, 4) is 0 Å². The molecule has 4 atom stereocenters. The van der Waals surface area contributed by atoms with Crippen LogP contribution in [0.4, 0.5) is 0 Å². The number of carboxylic acid groups (broad SMARTS) is 1. The Morgan fingerprint density at radius 3 is 2.27 bits per heavy atom. The predicted molar refractivity (Wildman–Crippen MR) is 125 cm³/mol. The number of carbonyl (C=O) groups is 4. The summed E-state index contributed by atoms with van der Waals surface area (Å²) in [5, 5.41) is 17.0. The lowest BCUT2D eigenvalue weighted by molar-refractivity contribution is -0.143. The number of carboxylic acids is 1. The fourth-order valence-electron chi connectivity index (χ4n) is 3.20. The Hall–Kier alpha value is -2.98. The highest BCUT2D eigenvalue weighted by molar-refractivity contribution is 5.92. The minimum absolute atomic E-state index is 0.280. The Morgan fingerprint density at radius 1 is 1.03 bits per heavy atom. The van der Waals surface area contributed by atoms with Crippen molar-refractivity contribution in [3.05, 3.63) is 35.9 Å². The standard InChI is InChI=1S/C23H37N5O5/c1-3-15(2)20(23(32)33)28-22(31)18(11-7-8-12-24)27-19(29)14-26-21(30)17(25)13-16-9-5-4-6-10-16/h4-6,9-10,15,17-18,20H,3,7-8,11-14,24-25H2,1-2H3,(H,26,30)(H,27,29)(H,28,31)(H,32,33). The summed E-state index contributed by atoms with van der Waals surface area (Å²) in [7, 11) is 0. The van der Waals surface area contributed by atoms with Gasteiger partial charge in [-0.1, -0.05) is 50.6 Å². The summed E-state index contributed by atoms with van der Waals surface area (Å²) in [6.07, 6.45) is 2.41. The first-order valence-corrected chi connectivity index (χ1v) is 11.3. The Labute approximate surface area is 194 Å². The number of nitrogens with two attached hydrogens (primary N) is 2. The summed E-state index contributed by atoms with van der Waals surface area (Å²) in [5.74, 6) is -3.05. The largest absolute Gasteiger partial charge is 0.480 e. The number of hydrogen-bond acceptors (Lipinski definition) is 6. The number of nitrogens with one attached hydrogen (secondary N) is 3. The molecule has 0 saturated heterocycles. The molecule has 0 saturated carbocycles. The van der Waals surface area contributed by atoms with E-state index in [1.54, 1.807) is 6.92 Å². The Balaban J connectivity index is 2.66. The van der Waals surface area contributed by atoms with Gasteiger partial charge in [0, 0.05) is 0 Å². The lowest BCUT2D eigenvalue weighted by Crippen LogP contribution is -2.55. The van der Waals surface area contributed by atoms with E-state index < -0.39 is 41.8 Å². The minimum Gasteiger partial charge on any atom is -0.480 e. The van der Waals surface area contributed by atoms with Crippen LogP contribution in [-0.4, -0.2) is 60.0 Å². The van der Waals surface area contributed by atoms with Crippen LogP contribution in [0.15, 0.2) is 30.3 Å². The van der Waals surface area contributed by atoms with E-state index in [0.29, 0.717) is 38.6 Å². The van der Waals surface area contributed by atoms with Crippen molar-refractivity contribution in [2.45, 2.75) is 64.1 Å². The van der Waals surface area contributed by atoms with Gasteiger partial charge in [0.2, 0.25) is 17.7 Å². The highest BCUT2D eigenvalue weighted by atomic mass is 16.4. The van der Waals surface area contributed by atoms with Crippen LogP contribution < -0.4 is 27.4 Å². The lowest BCUT2D eigenvalue weighted by atomic mass is 9.98. The maximum absolute atomic E-state index is 12.7. The SMILES string of the molecule is CCC(C)C(NC(=O)C(CCCCN)NC(=O)CNC(=O)C(N)Cc1ccccc1)C(=O)O. The molecule has 8 N–H and O–H groups in total. The number of amides is 3. The normalized spacial score (nSPS) is 14.4. The second kappa shape index (κ2) is 15.0. The molecule has 0 aliphatic carbocycles. The number of rotatable bonds is 15. The third-order valence-electron chi connectivity index (χ3n) is 5.43. The summed E-state index contributed by atoms with van der Waals surface area (Å²) < 4.78 is 0. The van der Waals surface area contributed by atoms with Gasteiger partial charge in [0.15, 0.2) is 0 Å². The summed E-state index contributed by atoms with van der Waals surface area (Å²) in [6.45, 7) is 3.64. The molecule has 0 radical (unpaired) electrons. The molecule has 0 aliphatic heterocycles. The molecule has 0 aliphatic rings. The second-order valence-corrected chi connectivity index (χ2v) is 8.13. The van der Waals surface area contributed by atoms with Gasteiger partial charge in [-0.3, -0.25) is 14.4 Å². The molecule has 4 unspecified atom stereocenters. The van der Waals surface area contributed by atoms with Crippen molar-refractivity contribution in [2.24, 2.45) is 17.4 Å². The topological polar surface area (TPSA) is 177 Å². The highest BCUT2D eigenvalue weighted by Crippen LogP contribution is 2.09. The number of aliphatic carboxylic acids is 1. The first-order valence-electron chi connectivity index (χ1n) is 11.3. The van der Waals surface area contributed by atoms with Gasteiger partial charge in [-0.05, 0) is 43.7 Å². The van der Waals surface area contributed by atoms with Crippen molar-refractivity contribution in [2.75, 3.05) is 13.1 Å². The molecule has 1 aromatic rings. The predicted octanol–water partition coefficient (Wildman–Crippen LogP) is -0.0981. The zero-order valence-electron chi connectivity index (χ0n) is 19.4. The monoisotopic (exact) mass is 463 g/mol. The quantitative estimate of drug-likeness (QED) is 0.197.